The number of carbonyl (C=O) groups is 2. The summed E-state index contributed by atoms with van der Waals surface area (Å²) < 4.78 is 4.97. The van der Waals surface area contributed by atoms with Crippen molar-refractivity contribution in [3.63, 3.8) is 0 Å². The van der Waals surface area contributed by atoms with Crippen molar-refractivity contribution in [1.82, 2.24) is 5.32 Å². The number of rotatable bonds is 6. The molecule has 1 aromatic heterocycles. The van der Waals surface area contributed by atoms with Crippen molar-refractivity contribution in [2.75, 3.05) is 11.9 Å². The van der Waals surface area contributed by atoms with Crippen molar-refractivity contribution >= 4 is 29.1 Å². The number of hydrogen-bond acceptors (Lipinski definition) is 3. The van der Waals surface area contributed by atoms with Crippen LogP contribution in [0, 0.1) is 6.92 Å². The highest BCUT2D eigenvalue weighted by Gasteiger charge is 2.09. The molecule has 1 heterocycles. The number of furan rings is 1. The van der Waals surface area contributed by atoms with Crippen LogP contribution < -0.4 is 10.6 Å². The number of benzene rings is 1. The van der Waals surface area contributed by atoms with Gasteiger partial charge < -0.3 is 15.1 Å². The van der Waals surface area contributed by atoms with Crippen LogP contribution in [0.4, 0.5) is 5.69 Å². The van der Waals surface area contributed by atoms with Crippen LogP contribution in [0.25, 0.3) is 0 Å². The van der Waals surface area contributed by atoms with Crippen LogP contribution >= 0.6 is 11.6 Å². The fraction of sp³-hybridized carbons (Fsp3) is 0.250. The first kappa shape index (κ1) is 16.1. The van der Waals surface area contributed by atoms with Crippen molar-refractivity contribution in [3.8, 4) is 0 Å². The van der Waals surface area contributed by atoms with Crippen molar-refractivity contribution in [2.45, 2.75) is 19.8 Å². The van der Waals surface area contributed by atoms with E-state index in [2.05, 4.69) is 10.6 Å². The molecule has 0 aliphatic carbocycles. The molecule has 1 aromatic carbocycles. The molecule has 2 N–H and O–H groups in total. The Morgan fingerprint density at radius 2 is 2.09 bits per heavy atom. The Balaban J connectivity index is 1.71. The molecule has 6 heteroatoms. The molecular weight excluding hydrogens is 304 g/mol. The van der Waals surface area contributed by atoms with Gasteiger partial charge in [-0.25, -0.2) is 0 Å². The fourth-order valence-electron chi connectivity index (χ4n) is 1.88. The zero-order chi connectivity index (χ0) is 15.9. The Kier molecular flexibility index (Phi) is 5.61. The summed E-state index contributed by atoms with van der Waals surface area (Å²) in [4.78, 5) is 23.4. The highest BCUT2D eigenvalue weighted by Crippen LogP contribution is 2.22. The molecule has 0 unspecified atom stereocenters. The van der Waals surface area contributed by atoms with Crippen LogP contribution in [-0.2, 0) is 4.79 Å². The Hall–Kier alpha value is -2.27. The third kappa shape index (κ3) is 4.63. The molecule has 0 atom stereocenters. The van der Waals surface area contributed by atoms with Gasteiger partial charge in [0, 0.05) is 13.0 Å². The first-order valence-corrected chi connectivity index (χ1v) is 7.32. The van der Waals surface area contributed by atoms with Gasteiger partial charge in [-0.3, -0.25) is 9.59 Å². The summed E-state index contributed by atoms with van der Waals surface area (Å²) >= 11 is 6.05. The molecular formula is C16H17ClN2O3. The van der Waals surface area contributed by atoms with Gasteiger partial charge in [0.25, 0.3) is 5.91 Å². The molecule has 2 amide bonds. The molecule has 2 aromatic rings. The van der Waals surface area contributed by atoms with Crippen LogP contribution in [0.15, 0.2) is 41.0 Å². The lowest BCUT2D eigenvalue weighted by atomic mass is 10.2. The number of anilines is 1. The van der Waals surface area contributed by atoms with Crippen molar-refractivity contribution in [1.29, 1.82) is 0 Å². The topological polar surface area (TPSA) is 71.3 Å². The lowest BCUT2D eigenvalue weighted by Crippen LogP contribution is -2.25. The molecule has 0 aliphatic rings. The van der Waals surface area contributed by atoms with E-state index in [0.717, 1.165) is 5.56 Å². The zero-order valence-corrected chi connectivity index (χ0v) is 12.9. The number of halogens is 1. The predicted octanol–water partition coefficient (Wildman–Crippen LogP) is 3.39. The van der Waals surface area contributed by atoms with E-state index in [1.807, 2.05) is 13.0 Å². The maximum Gasteiger partial charge on any atom is 0.286 e. The van der Waals surface area contributed by atoms with E-state index in [1.54, 1.807) is 24.3 Å². The van der Waals surface area contributed by atoms with Gasteiger partial charge in [-0.1, -0.05) is 17.7 Å². The van der Waals surface area contributed by atoms with Gasteiger partial charge in [0.15, 0.2) is 5.76 Å². The van der Waals surface area contributed by atoms with Crippen LogP contribution in [0.2, 0.25) is 5.02 Å². The molecule has 5 nitrogen and oxygen atoms in total. The van der Waals surface area contributed by atoms with Gasteiger partial charge in [-0.2, -0.15) is 0 Å². The van der Waals surface area contributed by atoms with Gasteiger partial charge >= 0.3 is 0 Å². The minimum Gasteiger partial charge on any atom is -0.459 e. The molecule has 0 saturated heterocycles. The predicted molar refractivity (Wildman–Crippen MR) is 85.1 cm³/mol. The van der Waals surface area contributed by atoms with E-state index in [4.69, 9.17) is 16.0 Å². The molecule has 22 heavy (non-hydrogen) atoms. The highest BCUT2D eigenvalue weighted by molar-refractivity contribution is 6.33. The average Bonchev–Trinajstić information content (AvgIpc) is 3.01. The largest absolute Gasteiger partial charge is 0.459 e. The minimum atomic E-state index is -0.285. The van der Waals surface area contributed by atoms with Crippen molar-refractivity contribution in [3.05, 3.63) is 52.9 Å². The van der Waals surface area contributed by atoms with Crippen molar-refractivity contribution in [2.24, 2.45) is 0 Å². The summed E-state index contributed by atoms with van der Waals surface area (Å²) in [6, 6.07) is 8.68. The second-order valence-corrected chi connectivity index (χ2v) is 5.28. The van der Waals surface area contributed by atoms with E-state index in [-0.39, 0.29) is 17.6 Å². The monoisotopic (exact) mass is 320 g/mol. The van der Waals surface area contributed by atoms with E-state index in [0.29, 0.717) is 30.1 Å². The first-order chi connectivity index (χ1) is 10.6. The van der Waals surface area contributed by atoms with Gasteiger partial charge in [0.1, 0.15) is 0 Å². The van der Waals surface area contributed by atoms with Gasteiger partial charge in [-0.05, 0) is 43.2 Å². The summed E-state index contributed by atoms with van der Waals surface area (Å²) in [6.07, 6.45) is 2.26. The second kappa shape index (κ2) is 7.66. The summed E-state index contributed by atoms with van der Waals surface area (Å²) in [5.74, 6) is -0.166. The quantitative estimate of drug-likeness (QED) is 0.801. The maximum absolute atomic E-state index is 11.8. The number of amides is 2. The molecule has 2 rings (SSSR count). The molecule has 116 valence electrons. The summed E-state index contributed by atoms with van der Waals surface area (Å²) in [6.45, 7) is 2.33. The van der Waals surface area contributed by atoms with Gasteiger partial charge in [-0.15, -0.1) is 0 Å². The fourth-order valence-corrected chi connectivity index (χ4v) is 2.16. The van der Waals surface area contributed by atoms with Crippen LogP contribution in [0.3, 0.4) is 0 Å². The van der Waals surface area contributed by atoms with Crippen LogP contribution in [-0.4, -0.2) is 18.4 Å². The lowest BCUT2D eigenvalue weighted by Gasteiger charge is -2.08. The molecule has 0 spiro atoms. The Labute approximate surface area is 133 Å². The molecule has 0 radical (unpaired) electrons. The summed E-state index contributed by atoms with van der Waals surface area (Å²) in [5, 5.41) is 5.95. The second-order valence-electron chi connectivity index (χ2n) is 4.87. The van der Waals surface area contributed by atoms with Crippen molar-refractivity contribution < 1.29 is 14.0 Å². The third-order valence-electron chi connectivity index (χ3n) is 3.01. The van der Waals surface area contributed by atoms with Gasteiger partial charge in [0.2, 0.25) is 5.91 Å². The summed E-state index contributed by atoms with van der Waals surface area (Å²) in [5.41, 5.74) is 1.63. The number of hydrogen-bond donors (Lipinski definition) is 2. The molecule has 0 saturated carbocycles. The molecule has 0 bridgehead atoms. The van der Waals surface area contributed by atoms with E-state index in [9.17, 15) is 9.59 Å². The first-order valence-electron chi connectivity index (χ1n) is 6.94. The summed E-state index contributed by atoms with van der Waals surface area (Å²) in [7, 11) is 0. The third-order valence-corrected chi connectivity index (χ3v) is 3.32. The van der Waals surface area contributed by atoms with Crippen LogP contribution in [0.5, 0.6) is 0 Å². The van der Waals surface area contributed by atoms with Crippen LogP contribution in [0.1, 0.15) is 29.0 Å². The SMILES string of the molecule is Cc1ccc(NC(=O)CCCNC(=O)c2ccco2)c(Cl)c1. The minimum absolute atomic E-state index is 0.141. The lowest BCUT2D eigenvalue weighted by molar-refractivity contribution is -0.116. The van der Waals surface area contributed by atoms with Gasteiger partial charge in [0.05, 0.1) is 17.0 Å². The Bertz CT molecular complexity index is 653. The van der Waals surface area contributed by atoms with E-state index < -0.39 is 0 Å². The van der Waals surface area contributed by atoms with E-state index in [1.165, 1.54) is 6.26 Å². The zero-order valence-electron chi connectivity index (χ0n) is 12.2. The normalized spacial score (nSPS) is 10.3. The molecule has 0 fully saturated rings. The maximum atomic E-state index is 11.8. The van der Waals surface area contributed by atoms with E-state index >= 15 is 0 Å². The number of carbonyl (C=O) groups excluding carboxylic acids is 2. The Morgan fingerprint density at radius 3 is 2.77 bits per heavy atom. The highest BCUT2D eigenvalue weighted by atomic mass is 35.5. The average molecular weight is 321 g/mol. The number of nitrogens with one attached hydrogen (secondary N) is 2. The standard InChI is InChI=1S/C16H17ClN2O3/c1-11-6-7-13(12(17)10-11)19-15(20)5-2-8-18-16(21)14-4-3-9-22-14/h3-4,6-7,9-10H,2,5,8H2,1H3,(H,18,21)(H,19,20). The smallest absolute Gasteiger partial charge is 0.286 e. The Morgan fingerprint density at radius 1 is 1.27 bits per heavy atom. The number of aryl methyl sites for hydroxylation is 1. The molecule has 0 aliphatic heterocycles.